The molecule has 1 aromatic rings. The molecule has 0 aromatic carbocycles. The number of imidazole rings is 1. The van der Waals surface area contributed by atoms with E-state index < -0.39 is 5.50 Å². The van der Waals surface area contributed by atoms with Crippen molar-refractivity contribution in [3.8, 4) is 0 Å². The zero-order valence-electron chi connectivity index (χ0n) is 8.91. The van der Waals surface area contributed by atoms with Gasteiger partial charge < -0.3 is 10.3 Å². The van der Waals surface area contributed by atoms with Gasteiger partial charge in [-0.3, -0.25) is 10.1 Å². The Labute approximate surface area is 97.5 Å². The summed E-state index contributed by atoms with van der Waals surface area (Å²) in [6.45, 7) is 3.61. The van der Waals surface area contributed by atoms with E-state index in [1.807, 2.05) is 0 Å². The van der Waals surface area contributed by atoms with E-state index >= 15 is 0 Å². The minimum Gasteiger partial charge on any atom is -0.334 e. The minimum atomic E-state index is -0.485. The van der Waals surface area contributed by atoms with Crippen LogP contribution in [0.3, 0.4) is 0 Å². The number of carbonyl (C=O) groups excluding carboxylic acids is 1. The summed E-state index contributed by atoms with van der Waals surface area (Å²) < 4.78 is 0. The number of rotatable bonds is 1. The molecule has 1 amide bonds. The lowest BCUT2D eigenvalue weighted by molar-refractivity contribution is -0.122. The van der Waals surface area contributed by atoms with Crippen LogP contribution in [0.1, 0.15) is 25.0 Å². The topological polar surface area (TPSA) is 82.2 Å². The number of aromatic amines is 1. The fraction of sp³-hybridized carbons (Fsp3) is 0.444. The van der Waals surface area contributed by atoms with Gasteiger partial charge in [-0.15, -0.1) is 0 Å². The third-order valence-corrected chi connectivity index (χ3v) is 2.46. The molecule has 0 radical (unpaired) electrons. The van der Waals surface area contributed by atoms with Crippen molar-refractivity contribution in [2.45, 2.75) is 19.3 Å². The number of halogens is 1. The maximum atomic E-state index is 11.5. The van der Waals surface area contributed by atoms with Gasteiger partial charge in [0.15, 0.2) is 11.3 Å². The van der Waals surface area contributed by atoms with Gasteiger partial charge in [0.1, 0.15) is 5.69 Å². The Balaban J connectivity index is 2.17. The zero-order valence-corrected chi connectivity index (χ0v) is 9.67. The molecule has 1 atom stereocenters. The molecular formula is C9H12ClN5O. The smallest absolute Gasteiger partial charge is 0.229 e. The Hall–Kier alpha value is -1.56. The molecule has 3 N–H and O–H groups in total. The predicted molar refractivity (Wildman–Crippen MR) is 60.4 cm³/mol. The number of aromatic nitrogens is 2. The molecule has 0 fully saturated rings. The molecule has 0 spiro atoms. The highest BCUT2D eigenvalue weighted by molar-refractivity contribution is 6.22. The molecule has 1 aliphatic rings. The first-order chi connectivity index (χ1) is 7.58. The fourth-order valence-electron chi connectivity index (χ4n) is 1.23. The lowest BCUT2D eigenvalue weighted by Gasteiger charge is -2.19. The summed E-state index contributed by atoms with van der Waals surface area (Å²) in [6.07, 6.45) is 1.51. The summed E-state index contributed by atoms with van der Waals surface area (Å²) in [6, 6.07) is 0. The number of nitrogens with zero attached hydrogens (tertiary/aromatic N) is 2. The summed E-state index contributed by atoms with van der Waals surface area (Å²) >= 11 is 6.02. The van der Waals surface area contributed by atoms with Crippen molar-refractivity contribution in [3.05, 3.63) is 12.0 Å². The van der Waals surface area contributed by atoms with E-state index in [9.17, 15) is 4.79 Å². The van der Waals surface area contributed by atoms with Crippen molar-refractivity contribution in [3.63, 3.8) is 0 Å². The van der Waals surface area contributed by atoms with Gasteiger partial charge in [0.2, 0.25) is 11.9 Å². The summed E-state index contributed by atoms with van der Waals surface area (Å²) in [5.74, 6) is 0.688. The van der Waals surface area contributed by atoms with E-state index in [-0.39, 0.29) is 11.8 Å². The highest BCUT2D eigenvalue weighted by atomic mass is 35.5. The second kappa shape index (κ2) is 4.13. The van der Waals surface area contributed by atoms with Crippen LogP contribution in [0.4, 0.5) is 5.82 Å². The number of nitrogens with one attached hydrogen (secondary N) is 3. The second-order valence-electron chi connectivity index (χ2n) is 3.75. The highest BCUT2D eigenvalue weighted by Crippen LogP contribution is 2.27. The van der Waals surface area contributed by atoms with Crippen molar-refractivity contribution >= 4 is 29.3 Å². The van der Waals surface area contributed by atoms with Gasteiger partial charge >= 0.3 is 0 Å². The van der Waals surface area contributed by atoms with Crippen molar-refractivity contribution in [2.24, 2.45) is 10.9 Å². The van der Waals surface area contributed by atoms with E-state index in [0.29, 0.717) is 17.5 Å². The Morgan fingerprint density at radius 1 is 1.62 bits per heavy atom. The first-order valence-corrected chi connectivity index (χ1v) is 5.35. The maximum absolute atomic E-state index is 11.5. The van der Waals surface area contributed by atoms with Crippen molar-refractivity contribution in [1.29, 1.82) is 0 Å². The molecule has 0 bridgehead atoms. The van der Waals surface area contributed by atoms with Crippen LogP contribution in [0.15, 0.2) is 11.3 Å². The molecule has 0 saturated carbocycles. The third-order valence-electron chi connectivity index (χ3n) is 2.14. The average molecular weight is 242 g/mol. The van der Waals surface area contributed by atoms with E-state index in [2.05, 4.69) is 25.6 Å². The maximum Gasteiger partial charge on any atom is 0.229 e. The summed E-state index contributed by atoms with van der Waals surface area (Å²) in [4.78, 5) is 22.5. The molecule has 0 aliphatic carbocycles. The number of guanidine groups is 1. The Morgan fingerprint density at radius 2 is 2.38 bits per heavy atom. The average Bonchev–Trinajstić information content (AvgIpc) is 2.65. The quantitative estimate of drug-likeness (QED) is 0.507. The number of aliphatic imine (C=N–C) groups is 1. The molecule has 1 aromatic heterocycles. The first-order valence-electron chi connectivity index (χ1n) is 4.91. The van der Waals surface area contributed by atoms with Gasteiger partial charge in [-0.1, -0.05) is 25.4 Å². The van der Waals surface area contributed by atoms with Gasteiger partial charge in [0, 0.05) is 5.92 Å². The zero-order chi connectivity index (χ0) is 11.7. The Morgan fingerprint density at radius 3 is 3.06 bits per heavy atom. The fourth-order valence-corrected chi connectivity index (χ4v) is 1.49. The van der Waals surface area contributed by atoms with Gasteiger partial charge in [0.05, 0.1) is 6.33 Å². The number of hydrogen-bond donors (Lipinski definition) is 3. The van der Waals surface area contributed by atoms with E-state index in [0.717, 1.165) is 0 Å². The normalized spacial score (nSPS) is 18.8. The third kappa shape index (κ3) is 2.01. The summed E-state index contributed by atoms with van der Waals surface area (Å²) in [7, 11) is 0. The molecule has 1 unspecified atom stereocenters. The Bertz CT molecular complexity index is 439. The van der Waals surface area contributed by atoms with Crippen LogP contribution in [-0.4, -0.2) is 21.8 Å². The molecule has 7 heteroatoms. The molecule has 6 nitrogen and oxygen atoms in total. The van der Waals surface area contributed by atoms with Crippen LogP contribution in [0.25, 0.3) is 0 Å². The summed E-state index contributed by atoms with van der Waals surface area (Å²) in [5.41, 5.74) is 0.144. The molecule has 2 heterocycles. The SMILES string of the molecule is CC(C)C(=O)NC1=Nc2[nH]cnc2C(Cl)N1. The molecule has 2 rings (SSSR count). The number of H-pyrrole nitrogens is 1. The number of alkyl halides is 1. The lowest BCUT2D eigenvalue weighted by Crippen LogP contribution is -2.44. The van der Waals surface area contributed by atoms with E-state index in [1.54, 1.807) is 13.8 Å². The summed E-state index contributed by atoms with van der Waals surface area (Å²) in [5, 5.41) is 5.49. The van der Waals surface area contributed by atoms with Gasteiger partial charge in [-0.05, 0) is 0 Å². The number of fused-ring (bicyclic) bond motifs is 1. The molecule has 0 saturated heterocycles. The number of hydrogen-bond acceptors (Lipinski definition) is 4. The lowest BCUT2D eigenvalue weighted by atomic mass is 10.2. The van der Waals surface area contributed by atoms with Crippen LogP contribution in [-0.2, 0) is 4.79 Å². The molecule has 16 heavy (non-hydrogen) atoms. The van der Waals surface area contributed by atoms with Gasteiger partial charge in [-0.2, -0.15) is 4.99 Å². The monoisotopic (exact) mass is 241 g/mol. The number of amides is 1. The van der Waals surface area contributed by atoms with Crippen LogP contribution < -0.4 is 10.6 Å². The second-order valence-corrected chi connectivity index (χ2v) is 4.18. The van der Waals surface area contributed by atoms with Crippen molar-refractivity contribution < 1.29 is 4.79 Å². The van der Waals surface area contributed by atoms with Crippen LogP contribution in [0.2, 0.25) is 0 Å². The molecule has 86 valence electrons. The first kappa shape index (κ1) is 10.9. The predicted octanol–water partition coefficient (Wildman–Crippen LogP) is 1.01. The van der Waals surface area contributed by atoms with Gasteiger partial charge in [0.25, 0.3) is 0 Å². The minimum absolute atomic E-state index is 0.110. The highest BCUT2D eigenvalue weighted by Gasteiger charge is 2.23. The number of carbonyl (C=O) groups is 1. The Kier molecular flexibility index (Phi) is 2.82. The molecule has 1 aliphatic heterocycles. The standard InChI is InChI=1S/C9H12ClN5O/c1-4(2)8(16)15-9-13-6(10)5-7(14-9)12-3-11-5/h3-4,6H,1-2H3,(H,11,12)(H2,13,14,15,16). The van der Waals surface area contributed by atoms with Crippen molar-refractivity contribution in [2.75, 3.05) is 0 Å². The largest absolute Gasteiger partial charge is 0.334 e. The molecular weight excluding hydrogens is 230 g/mol. The van der Waals surface area contributed by atoms with Crippen LogP contribution in [0.5, 0.6) is 0 Å². The van der Waals surface area contributed by atoms with Gasteiger partial charge in [-0.25, -0.2) is 4.98 Å². The van der Waals surface area contributed by atoms with E-state index in [4.69, 9.17) is 11.6 Å². The van der Waals surface area contributed by atoms with E-state index in [1.165, 1.54) is 6.33 Å². The van der Waals surface area contributed by atoms with Crippen LogP contribution >= 0.6 is 11.6 Å². The van der Waals surface area contributed by atoms with Crippen molar-refractivity contribution in [1.82, 2.24) is 20.6 Å². The van der Waals surface area contributed by atoms with Crippen LogP contribution in [0, 0.1) is 5.92 Å².